The Bertz CT molecular complexity index is 396. The predicted octanol–water partition coefficient (Wildman–Crippen LogP) is 2.26. The summed E-state index contributed by atoms with van der Waals surface area (Å²) in [6.07, 6.45) is 0.952. The first-order chi connectivity index (χ1) is 8.54. The fourth-order valence-electron chi connectivity index (χ4n) is 1.59. The lowest BCUT2D eigenvalue weighted by atomic mass is 10.3. The van der Waals surface area contributed by atoms with Gasteiger partial charge in [0, 0.05) is 19.6 Å². The zero-order valence-electron chi connectivity index (χ0n) is 11.2. The van der Waals surface area contributed by atoms with Gasteiger partial charge in [0.25, 0.3) is 5.91 Å². The van der Waals surface area contributed by atoms with Gasteiger partial charge in [0.2, 0.25) is 0 Å². The molecule has 1 rings (SSSR count). The summed E-state index contributed by atoms with van der Waals surface area (Å²) in [7, 11) is 4.01. The average Bonchev–Trinajstić information content (AvgIpc) is 2.33. The molecule has 0 N–H and O–H groups in total. The molecule has 4 nitrogen and oxygen atoms in total. The van der Waals surface area contributed by atoms with Crippen molar-refractivity contribution >= 4 is 21.8 Å². The normalized spacial score (nSPS) is 10.7. The van der Waals surface area contributed by atoms with Gasteiger partial charge in [0.1, 0.15) is 10.3 Å². The van der Waals surface area contributed by atoms with Crippen LogP contribution < -0.4 is 0 Å². The average molecular weight is 314 g/mol. The van der Waals surface area contributed by atoms with Crippen LogP contribution in [0.4, 0.5) is 0 Å². The van der Waals surface area contributed by atoms with Gasteiger partial charge in [-0.05, 0) is 48.6 Å². The van der Waals surface area contributed by atoms with Crippen LogP contribution in [0.1, 0.15) is 23.8 Å². The van der Waals surface area contributed by atoms with Crippen molar-refractivity contribution in [2.75, 3.05) is 33.7 Å². The topological polar surface area (TPSA) is 36.4 Å². The zero-order chi connectivity index (χ0) is 13.5. The molecule has 1 aromatic rings. The van der Waals surface area contributed by atoms with Crippen molar-refractivity contribution in [2.45, 2.75) is 13.3 Å². The summed E-state index contributed by atoms with van der Waals surface area (Å²) in [5.74, 6) is 0.000000000000000444. The summed E-state index contributed by atoms with van der Waals surface area (Å²) >= 11 is 3.29. The molecule has 0 fully saturated rings. The first-order valence-corrected chi connectivity index (χ1v) is 6.90. The summed E-state index contributed by atoms with van der Waals surface area (Å²) in [4.78, 5) is 20.5. The maximum atomic E-state index is 12.3. The van der Waals surface area contributed by atoms with E-state index in [2.05, 4.69) is 32.7 Å². The molecule has 0 radical (unpaired) electrons. The Labute approximate surface area is 117 Å². The third-order valence-electron chi connectivity index (χ3n) is 2.53. The molecule has 0 saturated heterocycles. The summed E-state index contributed by atoms with van der Waals surface area (Å²) in [5.41, 5.74) is 0.497. The highest BCUT2D eigenvalue weighted by atomic mass is 79.9. The third kappa shape index (κ3) is 4.74. The van der Waals surface area contributed by atoms with E-state index in [0.717, 1.165) is 26.1 Å². The Morgan fingerprint density at radius 1 is 1.28 bits per heavy atom. The van der Waals surface area contributed by atoms with Crippen molar-refractivity contribution in [3.8, 4) is 0 Å². The second-order valence-electron chi connectivity index (χ2n) is 4.44. The highest BCUT2D eigenvalue weighted by Crippen LogP contribution is 2.09. The first kappa shape index (κ1) is 15.1. The monoisotopic (exact) mass is 313 g/mol. The van der Waals surface area contributed by atoms with Gasteiger partial charge in [-0.3, -0.25) is 4.79 Å². The molecule has 0 aliphatic rings. The quantitative estimate of drug-likeness (QED) is 0.756. The molecule has 0 aromatic carbocycles. The zero-order valence-corrected chi connectivity index (χ0v) is 12.8. The van der Waals surface area contributed by atoms with E-state index in [1.807, 2.05) is 31.1 Å². The number of carbonyl (C=O) groups is 1. The smallest absolute Gasteiger partial charge is 0.272 e. The number of rotatable bonds is 6. The molecule has 1 aromatic heterocycles. The van der Waals surface area contributed by atoms with Crippen LogP contribution in [0.2, 0.25) is 0 Å². The lowest BCUT2D eigenvalue weighted by molar-refractivity contribution is 0.0739. The van der Waals surface area contributed by atoms with Gasteiger partial charge in [-0.25, -0.2) is 4.98 Å². The van der Waals surface area contributed by atoms with Gasteiger partial charge in [0.15, 0.2) is 0 Å². The van der Waals surface area contributed by atoms with E-state index in [1.165, 1.54) is 0 Å². The third-order valence-corrected chi connectivity index (χ3v) is 2.97. The molecular formula is C13H20BrN3O. The number of carbonyl (C=O) groups excluding carboxylic acids is 1. The minimum absolute atomic E-state index is 0.000000000000000444. The van der Waals surface area contributed by atoms with Crippen LogP contribution in [0.5, 0.6) is 0 Å². The van der Waals surface area contributed by atoms with Crippen molar-refractivity contribution in [3.05, 3.63) is 28.5 Å². The maximum Gasteiger partial charge on any atom is 0.272 e. The summed E-state index contributed by atoms with van der Waals surface area (Å²) in [5, 5.41) is 0. The Morgan fingerprint density at radius 3 is 2.56 bits per heavy atom. The maximum absolute atomic E-state index is 12.3. The van der Waals surface area contributed by atoms with Gasteiger partial charge in [-0.1, -0.05) is 13.0 Å². The molecule has 1 heterocycles. The molecule has 100 valence electrons. The SMILES string of the molecule is CCCN(CCN(C)C)C(=O)c1cccc(Br)n1. The minimum atomic E-state index is 0.000000000000000444. The predicted molar refractivity (Wildman–Crippen MR) is 76.7 cm³/mol. The van der Waals surface area contributed by atoms with E-state index in [-0.39, 0.29) is 5.91 Å². The minimum Gasteiger partial charge on any atom is -0.336 e. The Kier molecular flexibility index (Phi) is 6.29. The standard InChI is InChI=1S/C13H20BrN3O/c1-4-8-17(10-9-16(2)3)13(18)11-6-5-7-12(14)15-11/h5-7H,4,8-10H2,1-3H3. The van der Waals surface area contributed by atoms with Crippen LogP contribution in [0.25, 0.3) is 0 Å². The van der Waals surface area contributed by atoms with Crippen LogP contribution in [0, 0.1) is 0 Å². The number of hydrogen-bond acceptors (Lipinski definition) is 3. The molecule has 0 saturated carbocycles. The fraction of sp³-hybridized carbons (Fsp3) is 0.538. The molecule has 0 aliphatic heterocycles. The number of hydrogen-bond donors (Lipinski definition) is 0. The largest absolute Gasteiger partial charge is 0.336 e. The van der Waals surface area contributed by atoms with E-state index in [9.17, 15) is 4.79 Å². The van der Waals surface area contributed by atoms with Crippen molar-refractivity contribution in [3.63, 3.8) is 0 Å². The highest BCUT2D eigenvalue weighted by Gasteiger charge is 2.16. The van der Waals surface area contributed by atoms with Crippen molar-refractivity contribution in [1.82, 2.24) is 14.8 Å². The van der Waals surface area contributed by atoms with Crippen LogP contribution in [-0.4, -0.2) is 54.4 Å². The van der Waals surface area contributed by atoms with E-state index < -0.39 is 0 Å². The molecule has 0 spiro atoms. The number of amides is 1. The summed E-state index contributed by atoms with van der Waals surface area (Å²) < 4.78 is 0.692. The number of nitrogens with zero attached hydrogens (tertiary/aromatic N) is 3. The van der Waals surface area contributed by atoms with Crippen molar-refractivity contribution in [1.29, 1.82) is 0 Å². The van der Waals surface area contributed by atoms with E-state index in [4.69, 9.17) is 0 Å². The lowest BCUT2D eigenvalue weighted by Crippen LogP contribution is -2.37. The van der Waals surface area contributed by atoms with E-state index in [0.29, 0.717) is 10.3 Å². The molecule has 0 atom stereocenters. The Balaban J connectivity index is 2.75. The van der Waals surface area contributed by atoms with Crippen LogP contribution in [0.15, 0.2) is 22.8 Å². The fourth-order valence-corrected chi connectivity index (χ4v) is 1.94. The van der Waals surface area contributed by atoms with Gasteiger partial charge in [-0.2, -0.15) is 0 Å². The number of aromatic nitrogens is 1. The lowest BCUT2D eigenvalue weighted by Gasteiger charge is -2.23. The van der Waals surface area contributed by atoms with Crippen LogP contribution >= 0.6 is 15.9 Å². The van der Waals surface area contributed by atoms with Gasteiger partial charge in [-0.15, -0.1) is 0 Å². The van der Waals surface area contributed by atoms with Crippen molar-refractivity contribution in [2.24, 2.45) is 0 Å². The Morgan fingerprint density at radius 2 is 2.00 bits per heavy atom. The molecule has 18 heavy (non-hydrogen) atoms. The molecule has 0 bridgehead atoms. The van der Waals surface area contributed by atoms with Crippen molar-refractivity contribution < 1.29 is 4.79 Å². The van der Waals surface area contributed by atoms with E-state index in [1.54, 1.807) is 6.07 Å². The number of pyridine rings is 1. The number of halogens is 1. The highest BCUT2D eigenvalue weighted by molar-refractivity contribution is 9.10. The summed E-state index contributed by atoms with van der Waals surface area (Å²) in [6, 6.07) is 5.41. The second-order valence-corrected chi connectivity index (χ2v) is 5.25. The van der Waals surface area contributed by atoms with Gasteiger partial charge >= 0.3 is 0 Å². The number of likely N-dealkylation sites (N-methyl/N-ethyl adjacent to an activating group) is 1. The molecule has 1 amide bonds. The van der Waals surface area contributed by atoms with Gasteiger partial charge < -0.3 is 9.80 Å². The summed E-state index contributed by atoms with van der Waals surface area (Å²) in [6.45, 7) is 4.43. The molecule has 0 aliphatic carbocycles. The first-order valence-electron chi connectivity index (χ1n) is 6.11. The van der Waals surface area contributed by atoms with E-state index >= 15 is 0 Å². The Hall–Kier alpha value is -0.940. The van der Waals surface area contributed by atoms with Crippen LogP contribution in [0.3, 0.4) is 0 Å². The molecular weight excluding hydrogens is 294 g/mol. The van der Waals surface area contributed by atoms with Crippen LogP contribution in [-0.2, 0) is 0 Å². The second kappa shape index (κ2) is 7.48. The molecule has 0 unspecified atom stereocenters. The molecule has 5 heteroatoms. The van der Waals surface area contributed by atoms with Gasteiger partial charge in [0.05, 0.1) is 0 Å².